The molecule has 0 atom stereocenters. The average molecular weight is 300 g/mol. The normalized spacial score (nSPS) is 10.5. The molecule has 1 aromatic heterocycles. The zero-order chi connectivity index (χ0) is 15.9. The van der Waals surface area contributed by atoms with E-state index in [2.05, 4.69) is 25.2 Å². The predicted octanol–water partition coefficient (Wildman–Crippen LogP) is 3.44. The molecule has 0 aliphatic heterocycles. The molecule has 0 unspecified atom stereocenters. The molecule has 0 radical (unpaired) electrons. The molecule has 0 saturated carbocycles. The van der Waals surface area contributed by atoms with Gasteiger partial charge in [0.15, 0.2) is 0 Å². The van der Waals surface area contributed by atoms with Gasteiger partial charge in [0.2, 0.25) is 6.41 Å². The molecule has 0 aliphatic carbocycles. The lowest BCUT2D eigenvalue weighted by molar-refractivity contribution is -0.109. The zero-order valence-corrected chi connectivity index (χ0v) is 13.0. The molecule has 0 spiro atoms. The standard InChI is InChI=1S/C18H21FN2O/c1-3-4-15-11-17(9-10-20-12-22)21-18(13(15)2)14-5-7-16(19)8-6-14/h5-8,11-12H,3-4,9-10H2,1-2H3,(H,20,22). The molecular weight excluding hydrogens is 279 g/mol. The molecule has 3 nitrogen and oxygen atoms in total. The summed E-state index contributed by atoms with van der Waals surface area (Å²) in [5.41, 5.74) is 5.16. The molecule has 1 N–H and O–H groups in total. The molecule has 1 heterocycles. The summed E-state index contributed by atoms with van der Waals surface area (Å²) in [5.74, 6) is -0.249. The molecule has 1 aromatic carbocycles. The highest BCUT2D eigenvalue weighted by molar-refractivity contribution is 5.64. The van der Waals surface area contributed by atoms with Gasteiger partial charge < -0.3 is 5.32 Å². The lowest BCUT2D eigenvalue weighted by Gasteiger charge is -2.13. The number of carbonyl (C=O) groups is 1. The molecule has 2 rings (SSSR count). The number of hydrogen-bond donors (Lipinski definition) is 1. The van der Waals surface area contributed by atoms with Gasteiger partial charge in [-0.05, 0) is 54.8 Å². The number of carbonyl (C=O) groups excluding carboxylic acids is 1. The van der Waals surface area contributed by atoms with Gasteiger partial charge in [-0.1, -0.05) is 13.3 Å². The second-order valence-electron chi connectivity index (χ2n) is 5.33. The summed E-state index contributed by atoms with van der Waals surface area (Å²) >= 11 is 0. The fraction of sp³-hybridized carbons (Fsp3) is 0.333. The fourth-order valence-corrected chi connectivity index (χ4v) is 2.53. The van der Waals surface area contributed by atoms with E-state index in [1.54, 1.807) is 12.1 Å². The Labute approximate surface area is 130 Å². The van der Waals surface area contributed by atoms with Crippen LogP contribution < -0.4 is 5.32 Å². The monoisotopic (exact) mass is 300 g/mol. The van der Waals surface area contributed by atoms with Gasteiger partial charge in [-0.25, -0.2) is 4.39 Å². The van der Waals surface area contributed by atoms with Crippen molar-refractivity contribution in [3.63, 3.8) is 0 Å². The van der Waals surface area contributed by atoms with Gasteiger partial charge in [0.1, 0.15) is 5.82 Å². The molecule has 4 heteroatoms. The highest BCUT2D eigenvalue weighted by atomic mass is 19.1. The van der Waals surface area contributed by atoms with E-state index >= 15 is 0 Å². The summed E-state index contributed by atoms with van der Waals surface area (Å²) in [4.78, 5) is 15.1. The van der Waals surface area contributed by atoms with Crippen molar-refractivity contribution in [1.82, 2.24) is 10.3 Å². The van der Waals surface area contributed by atoms with Crippen molar-refractivity contribution in [1.29, 1.82) is 0 Å². The Kier molecular flexibility index (Phi) is 5.64. The number of halogens is 1. The number of nitrogens with one attached hydrogen (secondary N) is 1. The van der Waals surface area contributed by atoms with Gasteiger partial charge in [-0.15, -0.1) is 0 Å². The molecular formula is C18H21FN2O. The summed E-state index contributed by atoms with van der Waals surface area (Å²) in [6, 6.07) is 8.53. The van der Waals surface area contributed by atoms with Crippen LogP contribution in [0.1, 0.15) is 30.2 Å². The van der Waals surface area contributed by atoms with E-state index in [0.29, 0.717) is 19.4 Å². The van der Waals surface area contributed by atoms with Gasteiger partial charge in [-0.3, -0.25) is 9.78 Å². The minimum atomic E-state index is -0.249. The lowest BCUT2D eigenvalue weighted by atomic mass is 9.97. The van der Waals surface area contributed by atoms with Crippen molar-refractivity contribution < 1.29 is 9.18 Å². The van der Waals surface area contributed by atoms with Crippen LogP contribution in [-0.2, 0) is 17.6 Å². The lowest BCUT2D eigenvalue weighted by Crippen LogP contribution is -2.15. The third-order valence-corrected chi connectivity index (χ3v) is 3.68. The summed E-state index contributed by atoms with van der Waals surface area (Å²) in [6.07, 6.45) is 3.42. The first kappa shape index (κ1) is 16.1. The van der Waals surface area contributed by atoms with Crippen LogP contribution in [0.3, 0.4) is 0 Å². The van der Waals surface area contributed by atoms with Gasteiger partial charge in [0.25, 0.3) is 0 Å². The van der Waals surface area contributed by atoms with Crippen molar-refractivity contribution in [3.05, 3.63) is 53.0 Å². The number of benzene rings is 1. The largest absolute Gasteiger partial charge is 0.358 e. The number of aromatic nitrogens is 1. The molecule has 116 valence electrons. The van der Waals surface area contributed by atoms with Crippen LogP contribution in [-0.4, -0.2) is 17.9 Å². The van der Waals surface area contributed by atoms with Gasteiger partial charge in [-0.2, -0.15) is 0 Å². The van der Waals surface area contributed by atoms with E-state index in [9.17, 15) is 9.18 Å². The highest BCUT2D eigenvalue weighted by Crippen LogP contribution is 2.26. The maximum Gasteiger partial charge on any atom is 0.207 e. The molecule has 0 saturated heterocycles. The second kappa shape index (κ2) is 7.69. The minimum Gasteiger partial charge on any atom is -0.358 e. The van der Waals surface area contributed by atoms with E-state index in [0.717, 1.165) is 35.4 Å². The second-order valence-corrected chi connectivity index (χ2v) is 5.33. The fourth-order valence-electron chi connectivity index (χ4n) is 2.53. The van der Waals surface area contributed by atoms with E-state index in [4.69, 9.17) is 4.98 Å². The van der Waals surface area contributed by atoms with Crippen LogP contribution in [0.2, 0.25) is 0 Å². The smallest absolute Gasteiger partial charge is 0.207 e. The summed E-state index contributed by atoms with van der Waals surface area (Å²) in [7, 11) is 0. The Balaban J connectivity index is 2.41. The Morgan fingerprint density at radius 1 is 1.23 bits per heavy atom. The van der Waals surface area contributed by atoms with Crippen molar-refractivity contribution in [3.8, 4) is 11.3 Å². The maximum atomic E-state index is 13.1. The van der Waals surface area contributed by atoms with E-state index in [1.165, 1.54) is 17.7 Å². The Morgan fingerprint density at radius 2 is 1.95 bits per heavy atom. The van der Waals surface area contributed by atoms with Crippen LogP contribution in [0.15, 0.2) is 30.3 Å². The van der Waals surface area contributed by atoms with Gasteiger partial charge in [0.05, 0.1) is 5.69 Å². The number of nitrogens with zero attached hydrogens (tertiary/aromatic N) is 1. The van der Waals surface area contributed by atoms with Crippen molar-refractivity contribution in [2.75, 3.05) is 6.54 Å². The third-order valence-electron chi connectivity index (χ3n) is 3.68. The van der Waals surface area contributed by atoms with Gasteiger partial charge in [0, 0.05) is 24.2 Å². The van der Waals surface area contributed by atoms with Crippen molar-refractivity contribution in [2.24, 2.45) is 0 Å². The first-order valence-electron chi connectivity index (χ1n) is 7.58. The van der Waals surface area contributed by atoms with Crippen molar-refractivity contribution in [2.45, 2.75) is 33.1 Å². The van der Waals surface area contributed by atoms with Crippen LogP contribution in [0.4, 0.5) is 4.39 Å². The SMILES string of the molecule is CCCc1cc(CCNC=O)nc(-c2ccc(F)cc2)c1C. The van der Waals surface area contributed by atoms with Crippen LogP contribution in [0.5, 0.6) is 0 Å². The Hall–Kier alpha value is -2.23. The molecule has 0 aliphatic rings. The number of amides is 1. The molecule has 0 bridgehead atoms. The number of pyridine rings is 1. The zero-order valence-electron chi connectivity index (χ0n) is 13.0. The van der Waals surface area contributed by atoms with E-state index in [-0.39, 0.29) is 5.82 Å². The Morgan fingerprint density at radius 3 is 2.59 bits per heavy atom. The van der Waals surface area contributed by atoms with E-state index in [1.807, 2.05) is 0 Å². The number of aryl methyl sites for hydroxylation is 1. The van der Waals surface area contributed by atoms with E-state index < -0.39 is 0 Å². The average Bonchev–Trinajstić information content (AvgIpc) is 2.51. The maximum absolute atomic E-state index is 13.1. The summed E-state index contributed by atoms with van der Waals surface area (Å²) in [6.45, 7) is 4.77. The van der Waals surface area contributed by atoms with Gasteiger partial charge >= 0.3 is 0 Å². The molecule has 22 heavy (non-hydrogen) atoms. The van der Waals surface area contributed by atoms with Crippen LogP contribution >= 0.6 is 0 Å². The molecule has 2 aromatic rings. The third kappa shape index (κ3) is 3.91. The first-order valence-corrected chi connectivity index (χ1v) is 7.58. The number of hydrogen-bond acceptors (Lipinski definition) is 2. The van der Waals surface area contributed by atoms with Crippen LogP contribution in [0.25, 0.3) is 11.3 Å². The highest BCUT2D eigenvalue weighted by Gasteiger charge is 2.11. The molecule has 0 fully saturated rings. The minimum absolute atomic E-state index is 0.249. The predicted molar refractivity (Wildman–Crippen MR) is 86.1 cm³/mol. The number of rotatable bonds is 7. The topological polar surface area (TPSA) is 42.0 Å². The van der Waals surface area contributed by atoms with Crippen LogP contribution in [0, 0.1) is 12.7 Å². The first-order chi connectivity index (χ1) is 10.7. The van der Waals surface area contributed by atoms with Crippen molar-refractivity contribution >= 4 is 6.41 Å². The summed E-state index contributed by atoms with van der Waals surface area (Å²) in [5, 5.41) is 2.66. The summed E-state index contributed by atoms with van der Waals surface area (Å²) < 4.78 is 13.1. The Bertz CT molecular complexity index is 638. The quantitative estimate of drug-likeness (QED) is 0.628. The molecule has 1 amide bonds.